The Kier molecular flexibility index (Phi) is 8.33. The molecule has 0 spiro atoms. The quantitative estimate of drug-likeness (QED) is 0.162. The van der Waals surface area contributed by atoms with Gasteiger partial charge >= 0.3 is 0 Å². The number of nitrogens with zero attached hydrogens (tertiary/aromatic N) is 1. The van der Waals surface area contributed by atoms with Crippen molar-refractivity contribution in [1.82, 2.24) is 0 Å². The number of aryl methyl sites for hydroxylation is 1. The van der Waals surface area contributed by atoms with E-state index >= 15 is 0 Å². The van der Waals surface area contributed by atoms with Crippen molar-refractivity contribution >= 4 is 91.7 Å². The number of rotatable bonds is 6. The van der Waals surface area contributed by atoms with Gasteiger partial charge in [-0.05, 0) is 137 Å². The summed E-state index contributed by atoms with van der Waals surface area (Å²) >= 11 is 1.91. The van der Waals surface area contributed by atoms with Crippen LogP contribution in [-0.4, -0.2) is 0 Å². The molecule has 0 saturated heterocycles. The van der Waals surface area contributed by atoms with E-state index in [1.807, 2.05) is 11.3 Å². The fraction of sp³-hybridized carbons (Fsp3) is 0.0169. The Hall–Kier alpha value is -7.52. The number of benzene rings is 11. The van der Waals surface area contributed by atoms with E-state index in [4.69, 9.17) is 0 Å². The van der Waals surface area contributed by atoms with Gasteiger partial charge in [-0.2, -0.15) is 0 Å². The highest BCUT2D eigenvalue weighted by atomic mass is 32.1. The largest absolute Gasteiger partial charge is 0.309 e. The fourth-order valence-corrected chi connectivity index (χ4v) is 10.7. The van der Waals surface area contributed by atoms with Gasteiger partial charge < -0.3 is 4.90 Å². The van der Waals surface area contributed by atoms with E-state index in [1.165, 1.54) is 108 Å². The van der Waals surface area contributed by atoms with Gasteiger partial charge in [-0.25, -0.2) is 0 Å². The SMILES string of the molecule is Cc1cccc2c1sc1c(N(c3ccc(-c4ccc5cc(-c6ccc7ccccc7c6)ccc5c4)cc3)c3ccc(-c4cccc5ccccc45)cc3)cc3ccccc3c12. The van der Waals surface area contributed by atoms with Crippen LogP contribution in [0.5, 0.6) is 0 Å². The lowest BCUT2D eigenvalue weighted by atomic mass is 9.96. The predicted octanol–water partition coefficient (Wildman–Crippen LogP) is 17.4. The Morgan fingerprint density at radius 2 is 0.820 bits per heavy atom. The highest BCUT2D eigenvalue weighted by Crippen LogP contribution is 2.49. The van der Waals surface area contributed by atoms with Crippen LogP contribution in [0, 0.1) is 6.92 Å². The Balaban J connectivity index is 0.972. The molecule has 12 aromatic rings. The molecular weight excluding hydrogens is 755 g/mol. The molecule has 0 radical (unpaired) electrons. The van der Waals surface area contributed by atoms with E-state index in [-0.39, 0.29) is 0 Å². The van der Waals surface area contributed by atoms with Crippen LogP contribution in [0.15, 0.2) is 218 Å². The molecule has 0 aliphatic carbocycles. The zero-order chi connectivity index (χ0) is 40.4. The van der Waals surface area contributed by atoms with Gasteiger partial charge in [-0.15, -0.1) is 11.3 Å². The molecule has 0 fully saturated rings. The minimum Gasteiger partial charge on any atom is -0.309 e. The number of hydrogen-bond donors (Lipinski definition) is 0. The minimum absolute atomic E-state index is 1.12. The molecule has 61 heavy (non-hydrogen) atoms. The molecule has 2 heteroatoms. The van der Waals surface area contributed by atoms with Crippen molar-refractivity contribution in [2.45, 2.75) is 6.92 Å². The van der Waals surface area contributed by atoms with Crippen molar-refractivity contribution < 1.29 is 0 Å². The first-order valence-corrected chi connectivity index (χ1v) is 21.8. The summed E-state index contributed by atoms with van der Waals surface area (Å²) in [4.78, 5) is 2.46. The summed E-state index contributed by atoms with van der Waals surface area (Å²) in [6, 6.07) is 80.5. The number of anilines is 3. The molecule has 1 nitrogen and oxygen atoms in total. The Morgan fingerprint density at radius 1 is 0.328 bits per heavy atom. The highest BCUT2D eigenvalue weighted by molar-refractivity contribution is 7.26. The molecule has 0 unspecified atom stereocenters. The Labute approximate surface area is 359 Å². The molecule has 0 aliphatic rings. The molecule has 0 N–H and O–H groups in total. The molecule has 0 bridgehead atoms. The summed E-state index contributed by atoms with van der Waals surface area (Å²) in [6.45, 7) is 2.23. The van der Waals surface area contributed by atoms with Gasteiger partial charge in [0.05, 0.1) is 10.4 Å². The smallest absolute Gasteiger partial charge is 0.0646 e. The van der Waals surface area contributed by atoms with E-state index in [2.05, 4.69) is 230 Å². The van der Waals surface area contributed by atoms with E-state index < -0.39 is 0 Å². The lowest BCUT2D eigenvalue weighted by Gasteiger charge is -2.27. The monoisotopic (exact) mass is 793 g/mol. The second-order valence-electron chi connectivity index (χ2n) is 16.2. The van der Waals surface area contributed by atoms with Crippen LogP contribution in [0.1, 0.15) is 5.56 Å². The summed E-state index contributed by atoms with van der Waals surface area (Å²) in [7, 11) is 0. The maximum absolute atomic E-state index is 2.46. The predicted molar refractivity (Wildman–Crippen MR) is 265 cm³/mol. The standard InChI is InChI=1S/C59H39NS/c1-38-10-8-19-55-57-54-17-7-5-14-49(54)37-56(59(57)61-58(38)55)60(51-32-28-42(29-33-51)53-18-9-15-41-12-4-6-16-52(41)53)50-30-26-40(27-31-50)44-22-23-47-36-48(25-24-46(47)35-44)45-21-20-39-11-2-3-13-43(39)34-45/h2-37H,1H3. The van der Waals surface area contributed by atoms with E-state index in [9.17, 15) is 0 Å². The molecule has 0 amide bonds. The maximum atomic E-state index is 2.46. The minimum atomic E-state index is 1.12. The molecule has 0 atom stereocenters. The number of hydrogen-bond acceptors (Lipinski definition) is 2. The topological polar surface area (TPSA) is 3.24 Å². The fourth-order valence-electron chi connectivity index (χ4n) is 9.41. The third-order valence-electron chi connectivity index (χ3n) is 12.5. The summed E-state index contributed by atoms with van der Waals surface area (Å²) in [5.74, 6) is 0. The van der Waals surface area contributed by atoms with E-state index in [1.54, 1.807) is 0 Å². The van der Waals surface area contributed by atoms with Gasteiger partial charge in [0, 0.05) is 26.8 Å². The van der Waals surface area contributed by atoms with Gasteiger partial charge in [0.1, 0.15) is 0 Å². The lowest BCUT2D eigenvalue weighted by molar-refractivity contribution is 1.30. The van der Waals surface area contributed by atoms with Crippen molar-refractivity contribution in [3.8, 4) is 33.4 Å². The van der Waals surface area contributed by atoms with Crippen LogP contribution in [-0.2, 0) is 0 Å². The lowest BCUT2D eigenvalue weighted by Crippen LogP contribution is -2.10. The van der Waals surface area contributed by atoms with Crippen LogP contribution in [0.3, 0.4) is 0 Å². The molecule has 11 aromatic carbocycles. The normalized spacial score (nSPS) is 11.7. The summed E-state index contributed by atoms with van der Waals surface area (Å²) in [5.41, 5.74) is 12.1. The molecule has 12 rings (SSSR count). The summed E-state index contributed by atoms with van der Waals surface area (Å²) in [5, 5.41) is 12.7. The van der Waals surface area contributed by atoms with Crippen LogP contribution < -0.4 is 4.90 Å². The Bertz CT molecular complexity index is 3650. The van der Waals surface area contributed by atoms with Crippen LogP contribution in [0.25, 0.3) is 96.6 Å². The third kappa shape index (κ3) is 6.07. The summed E-state index contributed by atoms with van der Waals surface area (Å²) in [6.07, 6.45) is 0. The first-order chi connectivity index (χ1) is 30.1. The zero-order valence-corrected chi connectivity index (χ0v) is 34.5. The number of fused-ring (bicyclic) bond motifs is 8. The first-order valence-electron chi connectivity index (χ1n) is 21.0. The van der Waals surface area contributed by atoms with Crippen molar-refractivity contribution in [2.24, 2.45) is 0 Å². The average molecular weight is 794 g/mol. The van der Waals surface area contributed by atoms with Crippen molar-refractivity contribution in [3.05, 3.63) is 224 Å². The van der Waals surface area contributed by atoms with Crippen molar-refractivity contribution in [3.63, 3.8) is 0 Å². The molecule has 1 heterocycles. The van der Waals surface area contributed by atoms with Crippen LogP contribution in [0.2, 0.25) is 0 Å². The van der Waals surface area contributed by atoms with Crippen molar-refractivity contribution in [1.29, 1.82) is 0 Å². The molecule has 286 valence electrons. The first kappa shape index (κ1) is 35.4. The Morgan fingerprint density at radius 3 is 1.52 bits per heavy atom. The molecule has 0 aliphatic heterocycles. The van der Waals surface area contributed by atoms with Crippen LogP contribution >= 0.6 is 11.3 Å². The zero-order valence-electron chi connectivity index (χ0n) is 33.6. The van der Waals surface area contributed by atoms with Crippen LogP contribution in [0.4, 0.5) is 17.1 Å². The highest BCUT2D eigenvalue weighted by Gasteiger charge is 2.21. The second-order valence-corrected chi connectivity index (χ2v) is 17.2. The third-order valence-corrected chi connectivity index (χ3v) is 13.9. The van der Waals surface area contributed by atoms with Gasteiger partial charge in [0.15, 0.2) is 0 Å². The van der Waals surface area contributed by atoms with Gasteiger partial charge in [0.25, 0.3) is 0 Å². The molecular formula is C59H39NS. The van der Waals surface area contributed by atoms with Gasteiger partial charge in [0.2, 0.25) is 0 Å². The second kappa shape index (κ2) is 14.3. The van der Waals surface area contributed by atoms with E-state index in [0.717, 1.165) is 11.4 Å². The van der Waals surface area contributed by atoms with E-state index in [0.29, 0.717) is 0 Å². The van der Waals surface area contributed by atoms with Gasteiger partial charge in [-0.1, -0.05) is 170 Å². The maximum Gasteiger partial charge on any atom is 0.0646 e. The molecule has 0 saturated carbocycles. The van der Waals surface area contributed by atoms with Crippen molar-refractivity contribution in [2.75, 3.05) is 4.90 Å². The molecule has 1 aromatic heterocycles. The number of thiophene rings is 1. The average Bonchev–Trinajstić information content (AvgIpc) is 3.73. The summed E-state index contributed by atoms with van der Waals surface area (Å²) < 4.78 is 2.64. The van der Waals surface area contributed by atoms with Gasteiger partial charge in [-0.3, -0.25) is 0 Å².